The largest absolute Gasteiger partial charge is 0.444 e. The first-order valence-corrected chi connectivity index (χ1v) is 7.23. The first-order chi connectivity index (χ1) is 8.61. The third-order valence-corrected chi connectivity index (χ3v) is 3.96. The van der Waals surface area contributed by atoms with Gasteiger partial charge in [0.15, 0.2) is 0 Å². The van der Waals surface area contributed by atoms with Gasteiger partial charge in [-0.3, -0.25) is 0 Å². The highest BCUT2D eigenvalue weighted by molar-refractivity contribution is 9.10. The Hall–Kier alpha value is -0.740. The van der Waals surface area contributed by atoms with Gasteiger partial charge in [0.2, 0.25) is 0 Å². The van der Waals surface area contributed by atoms with Gasteiger partial charge in [0.25, 0.3) is 0 Å². The minimum absolute atomic E-state index is 0.166. The van der Waals surface area contributed by atoms with Gasteiger partial charge in [-0.15, -0.1) is 0 Å². The van der Waals surface area contributed by atoms with Crippen LogP contribution >= 0.6 is 27.5 Å². The van der Waals surface area contributed by atoms with Crippen LogP contribution in [0, 0.1) is 6.92 Å². The second kappa shape index (κ2) is 6.14. The van der Waals surface area contributed by atoms with E-state index >= 15 is 0 Å². The maximum Gasteiger partial charge on any atom is 0.408 e. The third-order valence-electron chi connectivity index (χ3n) is 2.58. The Bertz CT molecular complexity index is 483. The molecule has 0 spiro atoms. The molecule has 0 radical (unpaired) electrons. The van der Waals surface area contributed by atoms with Crippen molar-refractivity contribution in [3.05, 3.63) is 32.8 Å². The fraction of sp³-hybridized carbons (Fsp3) is 0.500. The van der Waals surface area contributed by atoms with Crippen LogP contribution in [0.5, 0.6) is 0 Å². The second-order valence-electron chi connectivity index (χ2n) is 5.44. The number of halogens is 2. The Morgan fingerprint density at radius 3 is 2.53 bits per heavy atom. The van der Waals surface area contributed by atoms with Gasteiger partial charge in [-0.1, -0.05) is 17.7 Å². The fourth-order valence-corrected chi connectivity index (χ4v) is 2.30. The van der Waals surface area contributed by atoms with Crippen LogP contribution in [0.15, 0.2) is 16.6 Å². The zero-order valence-corrected chi connectivity index (χ0v) is 14.1. The molecule has 1 aromatic carbocycles. The van der Waals surface area contributed by atoms with Crippen molar-refractivity contribution in [2.45, 2.75) is 46.3 Å². The lowest BCUT2D eigenvalue weighted by atomic mass is 10.0. The van der Waals surface area contributed by atoms with Crippen LogP contribution in [0.1, 0.15) is 44.9 Å². The van der Waals surface area contributed by atoms with Crippen LogP contribution < -0.4 is 5.32 Å². The molecule has 0 aliphatic carbocycles. The highest BCUT2D eigenvalue weighted by atomic mass is 79.9. The van der Waals surface area contributed by atoms with Gasteiger partial charge in [0.05, 0.1) is 11.1 Å². The number of carbonyl (C=O) groups is 1. The topological polar surface area (TPSA) is 38.3 Å². The number of rotatable bonds is 2. The summed E-state index contributed by atoms with van der Waals surface area (Å²) in [5.74, 6) is 0. The van der Waals surface area contributed by atoms with Crippen molar-refractivity contribution >= 4 is 33.6 Å². The van der Waals surface area contributed by atoms with Crippen molar-refractivity contribution in [3.8, 4) is 0 Å². The van der Waals surface area contributed by atoms with E-state index < -0.39 is 11.7 Å². The number of alkyl carbamates (subject to hydrolysis) is 1. The van der Waals surface area contributed by atoms with Gasteiger partial charge < -0.3 is 10.1 Å². The van der Waals surface area contributed by atoms with E-state index in [0.29, 0.717) is 5.02 Å². The van der Waals surface area contributed by atoms with E-state index in [1.54, 1.807) is 0 Å². The summed E-state index contributed by atoms with van der Waals surface area (Å²) in [7, 11) is 0. The monoisotopic (exact) mass is 347 g/mol. The summed E-state index contributed by atoms with van der Waals surface area (Å²) in [5, 5.41) is 3.47. The van der Waals surface area contributed by atoms with Gasteiger partial charge in [-0.2, -0.15) is 0 Å². The van der Waals surface area contributed by atoms with E-state index in [2.05, 4.69) is 21.2 Å². The van der Waals surface area contributed by atoms with Gasteiger partial charge in [-0.05, 0) is 67.7 Å². The average molecular weight is 349 g/mol. The maximum absolute atomic E-state index is 11.7. The molecule has 106 valence electrons. The Balaban J connectivity index is 2.82. The molecule has 0 heterocycles. The lowest BCUT2D eigenvalue weighted by Crippen LogP contribution is -2.34. The number of ether oxygens (including phenoxy) is 1. The molecule has 1 atom stereocenters. The molecule has 0 saturated heterocycles. The smallest absolute Gasteiger partial charge is 0.408 e. The summed E-state index contributed by atoms with van der Waals surface area (Å²) in [5.41, 5.74) is 1.41. The first-order valence-electron chi connectivity index (χ1n) is 6.06. The number of hydrogen-bond donors (Lipinski definition) is 1. The molecule has 0 bridgehead atoms. The molecule has 1 amide bonds. The summed E-state index contributed by atoms with van der Waals surface area (Å²) in [4.78, 5) is 11.7. The van der Waals surface area contributed by atoms with E-state index in [9.17, 15) is 4.79 Å². The van der Waals surface area contributed by atoms with Crippen molar-refractivity contribution in [2.75, 3.05) is 0 Å². The molecular weight excluding hydrogens is 330 g/mol. The molecule has 0 fully saturated rings. The van der Waals surface area contributed by atoms with Crippen LogP contribution in [-0.4, -0.2) is 11.7 Å². The van der Waals surface area contributed by atoms with Crippen LogP contribution in [0.2, 0.25) is 5.02 Å². The number of amides is 1. The molecule has 5 heteroatoms. The highest BCUT2D eigenvalue weighted by Gasteiger charge is 2.19. The maximum atomic E-state index is 11.7. The Labute approximate surface area is 127 Å². The molecule has 0 aromatic heterocycles. The average Bonchev–Trinajstić information content (AvgIpc) is 2.23. The standard InChI is InChI=1S/C14H19BrClNO2/c1-8-10(6-7-11(15)12(8)16)9(2)17-13(18)19-14(3,4)5/h6-7,9H,1-5H3,(H,17,18)/t9-/m1/s1. The summed E-state index contributed by atoms with van der Waals surface area (Å²) in [6.45, 7) is 9.32. The zero-order valence-electron chi connectivity index (χ0n) is 11.8. The summed E-state index contributed by atoms with van der Waals surface area (Å²) < 4.78 is 6.08. The molecule has 0 aliphatic rings. The molecule has 0 aliphatic heterocycles. The normalized spacial score (nSPS) is 13.0. The molecule has 3 nitrogen and oxygen atoms in total. The van der Waals surface area contributed by atoms with E-state index in [4.69, 9.17) is 16.3 Å². The minimum atomic E-state index is -0.504. The van der Waals surface area contributed by atoms with Crippen molar-refractivity contribution in [1.29, 1.82) is 0 Å². The van der Waals surface area contributed by atoms with E-state index in [0.717, 1.165) is 15.6 Å². The van der Waals surface area contributed by atoms with Gasteiger partial charge in [-0.25, -0.2) is 4.79 Å². The van der Waals surface area contributed by atoms with Crippen LogP contribution in [0.3, 0.4) is 0 Å². The highest BCUT2D eigenvalue weighted by Crippen LogP contribution is 2.31. The molecule has 1 rings (SSSR count). The predicted molar refractivity (Wildman–Crippen MR) is 81.7 cm³/mol. The number of benzene rings is 1. The second-order valence-corrected chi connectivity index (χ2v) is 6.68. The van der Waals surface area contributed by atoms with Crippen molar-refractivity contribution < 1.29 is 9.53 Å². The fourth-order valence-electron chi connectivity index (χ4n) is 1.70. The quantitative estimate of drug-likeness (QED) is 0.817. The SMILES string of the molecule is Cc1c([C@@H](C)NC(=O)OC(C)(C)C)ccc(Br)c1Cl. The molecule has 1 N–H and O–H groups in total. The van der Waals surface area contributed by atoms with Gasteiger partial charge in [0, 0.05) is 4.47 Å². The van der Waals surface area contributed by atoms with Crippen molar-refractivity contribution in [1.82, 2.24) is 5.32 Å². The number of nitrogens with one attached hydrogen (secondary N) is 1. The van der Waals surface area contributed by atoms with E-state index in [1.807, 2.05) is 46.8 Å². The lowest BCUT2D eigenvalue weighted by molar-refractivity contribution is 0.0508. The molecule has 1 aromatic rings. The molecular formula is C14H19BrClNO2. The molecule has 0 saturated carbocycles. The van der Waals surface area contributed by atoms with E-state index in [1.165, 1.54) is 0 Å². The number of hydrogen-bond acceptors (Lipinski definition) is 2. The first kappa shape index (κ1) is 16.3. The Kier molecular flexibility index (Phi) is 5.27. The predicted octanol–water partition coefficient (Wildman–Crippen LogP) is 5.00. The minimum Gasteiger partial charge on any atom is -0.444 e. The summed E-state index contributed by atoms with van der Waals surface area (Å²) in [6.07, 6.45) is -0.432. The van der Waals surface area contributed by atoms with Crippen molar-refractivity contribution in [2.24, 2.45) is 0 Å². The molecule has 19 heavy (non-hydrogen) atoms. The van der Waals surface area contributed by atoms with Crippen LogP contribution in [0.4, 0.5) is 4.79 Å². The third kappa shape index (κ3) is 4.69. The van der Waals surface area contributed by atoms with E-state index in [-0.39, 0.29) is 6.04 Å². The lowest BCUT2D eigenvalue weighted by Gasteiger charge is -2.23. The summed E-state index contributed by atoms with van der Waals surface area (Å²) >= 11 is 9.56. The Morgan fingerprint density at radius 1 is 1.42 bits per heavy atom. The number of carbonyl (C=O) groups excluding carboxylic acids is 1. The van der Waals surface area contributed by atoms with Gasteiger partial charge in [0.1, 0.15) is 5.60 Å². The summed E-state index contributed by atoms with van der Waals surface area (Å²) in [6, 6.07) is 3.64. The van der Waals surface area contributed by atoms with Crippen LogP contribution in [0.25, 0.3) is 0 Å². The van der Waals surface area contributed by atoms with Gasteiger partial charge >= 0.3 is 6.09 Å². The zero-order chi connectivity index (χ0) is 14.8. The molecule has 0 unspecified atom stereocenters. The van der Waals surface area contributed by atoms with Crippen LogP contribution in [-0.2, 0) is 4.74 Å². The Morgan fingerprint density at radius 2 is 2.00 bits per heavy atom. The van der Waals surface area contributed by atoms with Crippen molar-refractivity contribution in [3.63, 3.8) is 0 Å².